The Kier molecular flexibility index (Phi) is 10.8. The number of methoxy groups -OCH3 is 1. The van der Waals surface area contributed by atoms with Gasteiger partial charge in [-0.05, 0) is 54.4 Å². The summed E-state index contributed by atoms with van der Waals surface area (Å²) in [5, 5.41) is 3.12. The molecule has 0 bridgehead atoms. The molecule has 2 aromatic carbocycles. The van der Waals surface area contributed by atoms with Crippen molar-refractivity contribution in [2.75, 3.05) is 24.2 Å². The molecule has 0 aliphatic carbocycles. The van der Waals surface area contributed by atoms with Crippen LogP contribution in [-0.4, -0.2) is 32.8 Å². The summed E-state index contributed by atoms with van der Waals surface area (Å²) < 4.78 is 44.3. The number of nitrogens with two attached hydrogens (primary N) is 1. The van der Waals surface area contributed by atoms with Crippen molar-refractivity contribution < 1.29 is 22.7 Å². The third kappa shape index (κ3) is 9.23. The number of ether oxygens (including phenoxy) is 1. The average molecular weight is 505 g/mol. The predicted molar refractivity (Wildman–Crippen MR) is 119 cm³/mol. The molecule has 0 aromatic heterocycles. The first-order valence-corrected chi connectivity index (χ1v) is 9.86. The fourth-order valence-electron chi connectivity index (χ4n) is 1.78. The van der Waals surface area contributed by atoms with Crippen molar-refractivity contribution in [3.8, 4) is 5.75 Å². The topological polar surface area (TPSA) is 88.7 Å². The van der Waals surface area contributed by atoms with Crippen LogP contribution in [0.1, 0.15) is 0 Å². The van der Waals surface area contributed by atoms with Crippen LogP contribution in [0, 0.1) is 0 Å². The van der Waals surface area contributed by atoms with Gasteiger partial charge in [-0.3, -0.25) is 9.79 Å². The van der Waals surface area contributed by atoms with Crippen LogP contribution in [0.25, 0.3) is 0 Å². The van der Waals surface area contributed by atoms with Crippen molar-refractivity contribution in [2.45, 2.75) is 11.1 Å². The summed E-state index contributed by atoms with van der Waals surface area (Å²) in [4.78, 5) is 13.5. The number of carbonyl (C=O) groups excluding carboxylic acids is 1. The first-order chi connectivity index (χ1) is 14.2. The van der Waals surface area contributed by atoms with Crippen molar-refractivity contribution in [3.63, 3.8) is 0 Å². The predicted octanol–water partition coefficient (Wildman–Crippen LogP) is 5.24. The SMILES string of the molecule is CNc1ccc(OC)c(SNc2ccc(Br)cc2)c1.N/C(=C\N=CC=O)C(F)(F)F. The lowest BCUT2D eigenvalue weighted by atomic mass is 10.3. The second-order valence-electron chi connectivity index (χ2n) is 5.34. The smallest absolute Gasteiger partial charge is 0.432 e. The maximum absolute atomic E-state index is 11.5. The number of rotatable bonds is 7. The first-order valence-electron chi connectivity index (χ1n) is 8.25. The van der Waals surface area contributed by atoms with Gasteiger partial charge in [0, 0.05) is 22.9 Å². The molecule has 0 aliphatic heterocycles. The fourth-order valence-corrected chi connectivity index (χ4v) is 2.84. The van der Waals surface area contributed by atoms with E-state index in [1.807, 2.05) is 43.4 Å². The van der Waals surface area contributed by atoms with Crippen LogP contribution in [0.15, 0.2) is 68.7 Å². The van der Waals surface area contributed by atoms with Crippen molar-refractivity contribution >= 4 is 51.8 Å². The van der Waals surface area contributed by atoms with E-state index in [4.69, 9.17) is 4.74 Å². The Morgan fingerprint density at radius 1 is 1.20 bits per heavy atom. The molecule has 4 N–H and O–H groups in total. The molecule has 6 nitrogen and oxygen atoms in total. The number of alkyl halides is 3. The van der Waals surface area contributed by atoms with E-state index in [2.05, 4.69) is 42.8 Å². The number of aliphatic imine (C=N–C) groups is 1. The highest BCUT2D eigenvalue weighted by Crippen LogP contribution is 2.32. The molecule has 0 radical (unpaired) electrons. The highest BCUT2D eigenvalue weighted by atomic mass is 79.9. The van der Waals surface area contributed by atoms with E-state index in [0.29, 0.717) is 12.4 Å². The molecule has 0 spiro atoms. The lowest BCUT2D eigenvalue weighted by molar-refractivity contribution is -0.102. The molecule has 0 fully saturated rings. The van der Waals surface area contributed by atoms with Gasteiger partial charge in [0.15, 0.2) is 6.29 Å². The summed E-state index contributed by atoms with van der Waals surface area (Å²) >= 11 is 4.95. The zero-order valence-electron chi connectivity index (χ0n) is 16.0. The minimum Gasteiger partial charge on any atom is -0.496 e. The Labute approximate surface area is 185 Å². The maximum atomic E-state index is 11.5. The number of aldehydes is 1. The van der Waals surface area contributed by atoms with E-state index >= 15 is 0 Å². The third-order valence-electron chi connectivity index (χ3n) is 3.26. The molecule has 0 saturated heterocycles. The molecule has 0 atom stereocenters. The first kappa shape index (κ1) is 25.4. The summed E-state index contributed by atoms with van der Waals surface area (Å²) in [6.07, 6.45) is -3.30. The summed E-state index contributed by atoms with van der Waals surface area (Å²) in [7, 11) is 3.58. The molecule has 2 aromatic rings. The summed E-state index contributed by atoms with van der Waals surface area (Å²) in [6, 6.07) is 14.0. The van der Waals surface area contributed by atoms with Crippen LogP contribution in [0.4, 0.5) is 24.5 Å². The zero-order chi connectivity index (χ0) is 22.6. The molecular weight excluding hydrogens is 485 g/mol. The van der Waals surface area contributed by atoms with Crippen molar-refractivity contribution in [3.05, 3.63) is 58.8 Å². The van der Waals surface area contributed by atoms with Crippen LogP contribution in [-0.2, 0) is 4.79 Å². The van der Waals surface area contributed by atoms with Crippen LogP contribution in [0.2, 0.25) is 0 Å². The minimum absolute atomic E-state index is 0.250. The van der Waals surface area contributed by atoms with Gasteiger partial charge in [-0.1, -0.05) is 15.9 Å². The van der Waals surface area contributed by atoms with Gasteiger partial charge in [0.05, 0.1) is 24.4 Å². The minimum atomic E-state index is -4.58. The molecule has 0 unspecified atom stereocenters. The van der Waals surface area contributed by atoms with Crippen LogP contribution in [0.3, 0.4) is 0 Å². The molecular formula is C19H20BrF3N4O2S. The quantitative estimate of drug-likeness (QED) is 0.271. The van der Waals surface area contributed by atoms with Gasteiger partial charge < -0.3 is 20.5 Å². The number of nitrogens with one attached hydrogen (secondary N) is 2. The molecule has 0 saturated carbocycles. The molecule has 162 valence electrons. The molecule has 0 amide bonds. The standard InChI is InChI=1S/C14H15BrN2OS.C5H5F3N2O/c1-16-12-7-8-13(18-2)14(9-12)19-17-11-5-3-10(15)4-6-11;6-5(7,8)4(9)3-10-1-2-11/h3-9,16-17H,1-2H3;1-3H,9H2/b;4-3-,10-1?. The lowest BCUT2D eigenvalue weighted by Gasteiger charge is -2.11. The number of allylic oxidation sites excluding steroid dienone is 1. The zero-order valence-corrected chi connectivity index (χ0v) is 18.4. The Morgan fingerprint density at radius 2 is 1.83 bits per heavy atom. The lowest BCUT2D eigenvalue weighted by Crippen LogP contribution is -2.18. The summed E-state index contributed by atoms with van der Waals surface area (Å²) in [6.45, 7) is 0. The Morgan fingerprint density at radius 3 is 2.37 bits per heavy atom. The number of anilines is 2. The van der Waals surface area contributed by atoms with Gasteiger partial charge in [-0.2, -0.15) is 13.2 Å². The van der Waals surface area contributed by atoms with Crippen molar-refractivity contribution in [1.29, 1.82) is 0 Å². The van der Waals surface area contributed by atoms with E-state index < -0.39 is 11.9 Å². The van der Waals surface area contributed by atoms with Gasteiger partial charge in [0.2, 0.25) is 0 Å². The van der Waals surface area contributed by atoms with Gasteiger partial charge in [0.25, 0.3) is 0 Å². The third-order valence-corrected chi connectivity index (χ3v) is 4.67. The molecule has 11 heteroatoms. The summed E-state index contributed by atoms with van der Waals surface area (Å²) in [5.74, 6) is 0.855. The normalized spacial score (nSPS) is 11.5. The number of carbonyl (C=O) groups is 1. The van der Waals surface area contributed by atoms with E-state index in [9.17, 15) is 18.0 Å². The number of benzene rings is 2. The second-order valence-corrected chi connectivity index (χ2v) is 7.11. The Bertz CT molecular complexity index is 875. The van der Waals surface area contributed by atoms with Gasteiger partial charge in [-0.25, -0.2) is 0 Å². The van der Waals surface area contributed by atoms with Crippen LogP contribution in [0.5, 0.6) is 5.75 Å². The van der Waals surface area contributed by atoms with E-state index in [1.165, 1.54) is 11.9 Å². The number of hydrogen-bond donors (Lipinski definition) is 3. The molecule has 30 heavy (non-hydrogen) atoms. The highest BCUT2D eigenvalue weighted by molar-refractivity contribution is 9.10. The van der Waals surface area contributed by atoms with E-state index in [0.717, 1.165) is 26.5 Å². The largest absolute Gasteiger partial charge is 0.496 e. The monoisotopic (exact) mass is 504 g/mol. The molecule has 2 rings (SSSR count). The Hall–Kier alpha value is -2.66. The van der Waals surface area contributed by atoms with Crippen molar-refractivity contribution in [2.24, 2.45) is 10.7 Å². The molecule has 0 heterocycles. The number of hydrogen-bond acceptors (Lipinski definition) is 7. The maximum Gasteiger partial charge on any atom is 0.432 e. The van der Waals surface area contributed by atoms with Gasteiger partial charge >= 0.3 is 6.18 Å². The second kappa shape index (κ2) is 12.8. The molecule has 0 aliphatic rings. The van der Waals surface area contributed by atoms with E-state index in [1.54, 1.807) is 7.11 Å². The van der Waals surface area contributed by atoms with Crippen LogP contribution < -0.4 is 20.5 Å². The van der Waals surface area contributed by atoms with Crippen LogP contribution >= 0.6 is 27.9 Å². The average Bonchev–Trinajstić information content (AvgIpc) is 2.73. The number of halogens is 4. The fraction of sp³-hybridized carbons (Fsp3) is 0.158. The van der Waals surface area contributed by atoms with Gasteiger partial charge in [-0.15, -0.1) is 0 Å². The van der Waals surface area contributed by atoms with Crippen molar-refractivity contribution in [1.82, 2.24) is 0 Å². The number of nitrogens with zero attached hydrogens (tertiary/aromatic N) is 1. The van der Waals surface area contributed by atoms with E-state index in [-0.39, 0.29) is 6.29 Å². The van der Waals surface area contributed by atoms with Gasteiger partial charge in [0.1, 0.15) is 11.4 Å². The summed E-state index contributed by atoms with van der Waals surface area (Å²) in [5.41, 5.74) is 5.26. The highest BCUT2D eigenvalue weighted by Gasteiger charge is 2.31. The Balaban J connectivity index is 0.000000352.